The van der Waals surface area contributed by atoms with Gasteiger partial charge in [-0.25, -0.2) is 0 Å². The van der Waals surface area contributed by atoms with E-state index in [9.17, 15) is 4.79 Å². The van der Waals surface area contributed by atoms with Crippen LogP contribution in [0.2, 0.25) is 0 Å². The Balaban J connectivity index is 3.41. The van der Waals surface area contributed by atoms with Crippen LogP contribution in [0.15, 0.2) is 0 Å². The molecule has 0 saturated carbocycles. The van der Waals surface area contributed by atoms with Gasteiger partial charge in [-0.15, -0.1) is 0 Å². The summed E-state index contributed by atoms with van der Waals surface area (Å²) in [5.74, 6) is 0. The molecule has 0 aromatic carbocycles. The van der Waals surface area contributed by atoms with Gasteiger partial charge < -0.3 is 5.32 Å². The summed E-state index contributed by atoms with van der Waals surface area (Å²) in [5, 5.41) is 2.80. The van der Waals surface area contributed by atoms with Crippen LogP contribution in [0, 0.1) is 6.92 Å². The third-order valence-corrected chi connectivity index (χ3v) is 1.76. The third-order valence-electron chi connectivity index (χ3n) is 1.76. The maximum Gasteiger partial charge on any atom is 0.207 e. The van der Waals surface area contributed by atoms with Gasteiger partial charge in [0, 0.05) is 6.04 Å². The van der Waals surface area contributed by atoms with E-state index < -0.39 is 0 Å². The minimum Gasteiger partial charge on any atom is -0.356 e. The van der Waals surface area contributed by atoms with Crippen LogP contribution >= 0.6 is 0 Å². The van der Waals surface area contributed by atoms with Crippen molar-refractivity contribution < 1.29 is 4.79 Å². The first-order valence-electron chi connectivity index (χ1n) is 4.34. The van der Waals surface area contributed by atoms with E-state index >= 15 is 0 Å². The molecule has 1 atom stereocenters. The highest BCUT2D eigenvalue weighted by atomic mass is 16.1. The largest absolute Gasteiger partial charge is 0.356 e. The first-order chi connectivity index (χ1) is 5.35. The summed E-state index contributed by atoms with van der Waals surface area (Å²) in [5.41, 5.74) is 0. The molecule has 0 heterocycles. The molecule has 0 aromatic heterocycles. The van der Waals surface area contributed by atoms with Crippen LogP contribution in [-0.4, -0.2) is 12.5 Å². The lowest BCUT2D eigenvalue weighted by Gasteiger charge is -2.13. The van der Waals surface area contributed by atoms with Gasteiger partial charge in [0.2, 0.25) is 6.41 Å². The van der Waals surface area contributed by atoms with E-state index in [1.165, 1.54) is 12.8 Å². The van der Waals surface area contributed by atoms with Gasteiger partial charge in [-0.2, -0.15) is 0 Å². The zero-order chi connectivity index (χ0) is 8.53. The average molecular weight is 156 g/mol. The predicted molar refractivity (Wildman–Crippen MR) is 47.1 cm³/mol. The highest BCUT2D eigenvalue weighted by molar-refractivity contribution is 5.46. The lowest BCUT2D eigenvalue weighted by Crippen LogP contribution is -2.27. The Bertz CT molecular complexity index is 93.6. The number of hydrogen-bond donors (Lipinski definition) is 1. The molecule has 65 valence electrons. The number of carbonyl (C=O) groups excluding carboxylic acids is 1. The molecule has 11 heavy (non-hydrogen) atoms. The molecule has 0 bridgehead atoms. The fraction of sp³-hybridized carbons (Fsp3) is 0.778. The van der Waals surface area contributed by atoms with E-state index in [0.29, 0.717) is 6.04 Å². The fourth-order valence-electron chi connectivity index (χ4n) is 1.10. The van der Waals surface area contributed by atoms with Gasteiger partial charge in [0.1, 0.15) is 0 Å². The third kappa shape index (κ3) is 5.89. The van der Waals surface area contributed by atoms with Crippen LogP contribution in [0.4, 0.5) is 0 Å². The average Bonchev–Trinajstić information content (AvgIpc) is 2.01. The van der Waals surface area contributed by atoms with E-state index in [4.69, 9.17) is 0 Å². The van der Waals surface area contributed by atoms with E-state index in [1.54, 1.807) is 0 Å². The Hall–Kier alpha value is -0.530. The van der Waals surface area contributed by atoms with Crippen LogP contribution in [0.1, 0.15) is 39.0 Å². The molecule has 0 aliphatic heterocycles. The summed E-state index contributed by atoms with van der Waals surface area (Å²) in [7, 11) is 0. The molecule has 1 amide bonds. The smallest absolute Gasteiger partial charge is 0.207 e. The number of nitrogens with one attached hydrogen (secondary N) is 1. The zero-order valence-corrected chi connectivity index (χ0v) is 7.31. The van der Waals surface area contributed by atoms with Gasteiger partial charge >= 0.3 is 0 Å². The highest BCUT2D eigenvalue weighted by Crippen LogP contribution is 2.05. The van der Waals surface area contributed by atoms with Crippen LogP contribution in [-0.2, 0) is 4.79 Å². The second-order valence-electron chi connectivity index (χ2n) is 2.77. The van der Waals surface area contributed by atoms with Crippen molar-refractivity contribution >= 4 is 6.41 Å². The summed E-state index contributed by atoms with van der Waals surface area (Å²) in [6, 6.07) is 0.352. The van der Waals surface area contributed by atoms with Gasteiger partial charge in [0.15, 0.2) is 0 Å². The zero-order valence-electron chi connectivity index (χ0n) is 7.31. The summed E-state index contributed by atoms with van der Waals surface area (Å²) >= 11 is 0. The summed E-state index contributed by atoms with van der Waals surface area (Å²) in [6.07, 6.45) is 6.15. The topological polar surface area (TPSA) is 29.1 Å². The number of rotatable bonds is 7. The Morgan fingerprint density at radius 3 is 2.73 bits per heavy atom. The van der Waals surface area contributed by atoms with Crippen molar-refractivity contribution in [2.45, 2.75) is 45.1 Å². The monoisotopic (exact) mass is 156 g/mol. The van der Waals surface area contributed by atoms with Crippen molar-refractivity contribution in [3.05, 3.63) is 6.92 Å². The minimum absolute atomic E-state index is 0.352. The molecular weight excluding hydrogens is 138 g/mol. The molecule has 2 heteroatoms. The molecule has 0 fully saturated rings. The van der Waals surface area contributed by atoms with E-state index in [1.807, 2.05) is 0 Å². The summed E-state index contributed by atoms with van der Waals surface area (Å²) < 4.78 is 0. The van der Waals surface area contributed by atoms with Crippen molar-refractivity contribution in [3.63, 3.8) is 0 Å². The fourth-order valence-corrected chi connectivity index (χ4v) is 1.10. The molecule has 0 rings (SSSR count). The van der Waals surface area contributed by atoms with Crippen LogP contribution in [0.25, 0.3) is 0 Å². The normalized spacial score (nSPS) is 12.5. The SMILES string of the molecule is [CH2]CCC(CCCC)NC=O. The quantitative estimate of drug-likeness (QED) is 0.560. The van der Waals surface area contributed by atoms with Crippen molar-refractivity contribution in [3.8, 4) is 0 Å². The molecule has 0 aliphatic rings. The van der Waals surface area contributed by atoms with Crippen molar-refractivity contribution in [2.24, 2.45) is 0 Å². The van der Waals surface area contributed by atoms with Gasteiger partial charge in [-0.3, -0.25) is 4.79 Å². The molecule has 0 aromatic rings. The number of unbranched alkanes of at least 4 members (excludes halogenated alkanes) is 1. The van der Waals surface area contributed by atoms with Gasteiger partial charge in [0.25, 0.3) is 0 Å². The molecule has 1 N–H and O–H groups in total. The lowest BCUT2D eigenvalue weighted by atomic mass is 10.1. The first-order valence-corrected chi connectivity index (χ1v) is 4.34. The maximum atomic E-state index is 10.1. The number of carbonyl (C=O) groups is 1. The lowest BCUT2D eigenvalue weighted by molar-refractivity contribution is -0.110. The Labute approximate surface area is 69.4 Å². The van der Waals surface area contributed by atoms with Crippen molar-refractivity contribution in [1.82, 2.24) is 5.32 Å². The highest BCUT2D eigenvalue weighted by Gasteiger charge is 2.03. The van der Waals surface area contributed by atoms with E-state index in [-0.39, 0.29) is 0 Å². The van der Waals surface area contributed by atoms with Gasteiger partial charge in [-0.1, -0.05) is 33.1 Å². The summed E-state index contributed by atoms with van der Waals surface area (Å²) in [6.45, 7) is 5.91. The van der Waals surface area contributed by atoms with Crippen LogP contribution in [0.5, 0.6) is 0 Å². The Morgan fingerprint density at radius 1 is 1.55 bits per heavy atom. The van der Waals surface area contributed by atoms with E-state index in [0.717, 1.165) is 25.7 Å². The van der Waals surface area contributed by atoms with Gasteiger partial charge in [-0.05, 0) is 12.8 Å². The van der Waals surface area contributed by atoms with Gasteiger partial charge in [0.05, 0.1) is 0 Å². The molecule has 2 nitrogen and oxygen atoms in total. The van der Waals surface area contributed by atoms with E-state index in [2.05, 4.69) is 19.2 Å². The Kier molecular flexibility index (Phi) is 7.21. The standard InChI is InChI=1S/C9H18NO/c1-3-5-7-9(6-4-2)10-8-11/h8-9H,2-7H2,1H3,(H,10,11). The van der Waals surface area contributed by atoms with Crippen molar-refractivity contribution in [2.75, 3.05) is 0 Å². The minimum atomic E-state index is 0.352. The molecule has 0 saturated heterocycles. The maximum absolute atomic E-state index is 10.1. The summed E-state index contributed by atoms with van der Waals surface area (Å²) in [4.78, 5) is 10.1. The molecule has 1 radical (unpaired) electrons. The predicted octanol–water partition coefficient (Wildman–Crippen LogP) is 1.91. The first kappa shape index (κ1) is 10.5. The second kappa shape index (κ2) is 7.58. The number of hydrogen-bond acceptors (Lipinski definition) is 1. The molecule has 0 spiro atoms. The number of amides is 1. The second-order valence-corrected chi connectivity index (χ2v) is 2.77. The molecule has 1 unspecified atom stereocenters. The van der Waals surface area contributed by atoms with Crippen molar-refractivity contribution in [1.29, 1.82) is 0 Å². The van der Waals surface area contributed by atoms with Crippen LogP contribution < -0.4 is 5.32 Å². The molecule has 0 aliphatic carbocycles. The van der Waals surface area contributed by atoms with Crippen LogP contribution in [0.3, 0.4) is 0 Å². The molecular formula is C9H18NO. The Morgan fingerprint density at radius 2 is 2.27 bits per heavy atom.